The Hall–Kier alpha value is -0.830. The second-order valence-corrected chi connectivity index (χ2v) is 3.89. The molecule has 1 heterocycles. The first-order chi connectivity index (χ1) is 6.24. The molecule has 0 amide bonds. The van der Waals surface area contributed by atoms with Gasteiger partial charge in [-0.15, -0.1) is 0 Å². The van der Waals surface area contributed by atoms with Gasteiger partial charge in [0.2, 0.25) is 0 Å². The molecule has 0 unspecified atom stereocenters. The molecule has 1 aromatic heterocycles. The van der Waals surface area contributed by atoms with Gasteiger partial charge in [-0.2, -0.15) is 0 Å². The number of aryl methyl sites for hydroxylation is 1. The minimum absolute atomic E-state index is 0.409. The van der Waals surface area contributed by atoms with Crippen LogP contribution < -0.4 is 0 Å². The van der Waals surface area contributed by atoms with Crippen molar-refractivity contribution >= 4 is 26.8 Å². The predicted octanol–water partition coefficient (Wildman–Crippen LogP) is 3.41. The lowest BCUT2D eigenvalue weighted by atomic mass is 10.2. The van der Waals surface area contributed by atoms with Crippen molar-refractivity contribution in [1.82, 2.24) is 4.57 Å². The van der Waals surface area contributed by atoms with Crippen LogP contribution >= 0.6 is 15.9 Å². The molecule has 2 rings (SSSR count). The Bertz CT molecular complexity index is 447. The largest absolute Gasteiger partial charge is 0.349 e. The number of para-hydroxylation sites is 1. The third-order valence-corrected chi connectivity index (χ3v) is 2.82. The van der Waals surface area contributed by atoms with Crippen molar-refractivity contribution in [3.05, 3.63) is 34.4 Å². The minimum atomic E-state index is -0.409. The average molecular weight is 242 g/mol. The molecule has 0 aliphatic rings. The fourth-order valence-electron chi connectivity index (χ4n) is 1.61. The van der Waals surface area contributed by atoms with Crippen LogP contribution in [-0.2, 0) is 13.7 Å². The van der Waals surface area contributed by atoms with Crippen LogP contribution in [0, 0.1) is 0 Å². The van der Waals surface area contributed by atoms with E-state index in [4.69, 9.17) is 0 Å². The maximum atomic E-state index is 12.6. The smallest absolute Gasteiger partial charge is 0.117 e. The SMILES string of the molecule is Cn1cc(CF)c2cccc(Br)c21. The number of nitrogens with zero attached hydrogens (tertiary/aromatic N) is 1. The van der Waals surface area contributed by atoms with Crippen molar-refractivity contribution in [3.8, 4) is 0 Å². The van der Waals surface area contributed by atoms with E-state index in [0.29, 0.717) is 0 Å². The molecule has 0 aliphatic heterocycles. The topological polar surface area (TPSA) is 4.93 Å². The van der Waals surface area contributed by atoms with Gasteiger partial charge in [0.1, 0.15) is 6.67 Å². The molecule has 0 aliphatic carbocycles. The van der Waals surface area contributed by atoms with Crippen LogP contribution in [0.15, 0.2) is 28.9 Å². The predicted molar refractivity (Wildman–Crippen MR) is 55.4 cm³/mol. The van der Waals surface area contributed by atoms with E-state index in [0.717, 1.165) is 20.9 Å². The molecule has 1 nitrogen and oxygen atoms in total. The van der Waals surface area contributed by atoms with Crippen LogP contribution in [0.1, 0.15) is 5.56 Å². The Labute approximate surface area is 84.3 Å². The van der Waals surface area contributed by atoms with E-state index in [1.165, 1.54) is 0 Å². The fraction of sp³-hybridized carbons (Fsp3) is 0.200. The maximum absolute atomic E-state index is 12.6. The van der Waals surface area contributed by atoms with Crippen LogP contribution in [0.4, 0.5) is 4.39 Å². The van der Waals surface area contributed by atoms with Crippen molar-refractivity contribution in [2.45, 2.75) is 6.67 Å². The highest BCUT2D eigenvalue weighted by atomic mass is 79.9. The van der Waals surface area contributed by atoms with Crippen molar-refractivity contribution in [1.29, 1.82) is 0 Å². The highest BCUT2D eigenvalue weighted by molar-refractivity contribution is 9.10. The molecule has 3 heteroatoms. The number of hydrogen-bond donors (Lipinski definition) is 0. The quantitative estimate of drug-likeness (QED) is 0.722. The summed E-state index contributed by atoms with van der Waals surface area (Å²) in [6.07, 6.45) is 1.83. The summed E-state index contributed by atoms with van der Waals surface area (Å²) in [6, 6.07) is 5.82. The Kier molecular flexibility index (Phi) is 2.12. The van der Waals surface area contributed by atoms with Gasteiger partial charge in [-0.25, -0.2) is 4.39 Å². The van der Waals surface area contributed by atoms with Crippen molar-refractivity contribution in [3.63, 3.8) is 0 Å². The molecule has 0 spiro atoms. The van der Waals surface area contributed by atoms with E-state index < -0.39 is 6.67 Å². The van der Waals surface area contributed by atoms with Crippen molar-refractivity contribution in [2.24, 2.45) is 7.05 Å². The van der Waals surface area contributed by atoms with E-state index in [1.54, 1.807) is 0 Å². The van der Waals surface area contributed by atoms with Crippen molar-refractivity contribution in [2.75, 3.05) is 0 Å². The Morgan fingerprint density at radius 1 is 1.46 bits per heavy atom. The number of benzene rings is 1. The van der Waals surface area contributed by atoms with E-state index in [-0.39, 0.29) is 0 Å². The molecule has 2 aromatic rings. The zero-order chi connectivity index (χ0) is 9.42. The van der Waals surface area contributed by atoms with Gasteiger partial charge in [-0.05, 0) is 22.0 Å². The summed E-state index contributed by atoms with van der Waals surface area (Å²) >= 11 is 3.45. The molecule has 0 saturated carbocycles. The van der Waals surface area contributed by atoms with Gasteiger partial charge >= 0.3 is 0 Å². The van der Waals surface area contributed by atoms with Crippen LogP contribution in [0.3, 0.4) is 0 Å². The molecule has 0 radical (unpaired) electrons. The molecule has 68 valence electrons. The zero-order valence-corrected chi connectivity index (χ0v) is 8.81. The lowest BCUT2D eigenvalue weighted by molar-refractivity contribution is 0.487. The van der Waals surface area contributed by atoms with Gasteiger partial charge in [0.25, 0.3) is 0 Å². The molecular formula is C10H9BrFN. The van der Waals surface area contributed by atoms with Gasteiger partial charge in [0, 0.05) is 28.7 Å². The summed E-state index contributed by atoms with van der Waals surface area (Å²) in [5.41, 5.74) is 1.80. The Balaban J connectivity index is 2.87. The summed E-state index contributed by atoms with van der Waals surface area (Å²) in [7, 11) is 1.92. The van der Waals surface area contributed by atoms with Crippen LogP contribution in [0.25, 0.3) is 10.9 Å². The number of alkyl halides is 1. The maximum Gasteiger partial charge on any atom is 0.117 e. The molecule has 0 fully saturated rings. The second kappa shape index (κ2) is 3.14. The summed E-state index contributed by atoms with van der Waals surface area (Å²) in [4.78, 5) is 0. The summed E-state index contributed by atoms with van der Waals surface area (Å²) in [6.45, 7) is -0.409. The van der Waals surface area contributed by atoms with E-state index in [2.05, 4.69) is 15.9 Å². The van der Waals surface area contributed by atoms with Crippen LogP contribution in [-0.4, -0.2) is 4.57 Å². The Morgan fingerprint density at radius 2 is 2.23 bits per heavy atom. The summed E-state index contributed by atoms with van der Waals surface area (Å²) in [5, 5.41) is 0.986. The first-order valence-corrected chi connectivity index (χ1v) is 4.81. The van der Waals surface area contributed by atoms with Crippen LogP contribution in [0.2, 0.25) is 0 Å². The number of aromatic nitrogens is 1. The lowest BCUT2D eigenvalue weighted by Gasteiger charge is -1.97. The van der Waals surface area contributed by atoms with Gasteiger partial charge in [0.05, 0.1) is 5.52 Å². The van der Waals surface area contributed by atoms with Gasteiger partial charge in [0.15, 0.2) is 0 Å². The highest BCUT2D eigenvalue weighted by Crippen LogP contribution is 2.27. The average Bonchev–Trinajstić information content (AvgIpc) is 2.44. The second-order valence-electron chi connectivity index (χ2n) is 3.03. The third kappa shape index (κ3) is 1.27. The molecule has 0 atom stereocenters. The minimum Gasteiger partial charge on any atom is -0.349 e. The van der Waals surface area contributed by atoms with Gasteiger partial charge < -0.3 is 4.57 Å². The van der Waals surface area contributed by atoms with E-state index >= 15 is 0 Å². The summed E-state index contributed by atoms with van der Waals surface area (Å²) in [5.74, 6) is 0. The lowest BCUT2D eigenvalue weighted by Crippen LogP contribution is -1.83. The van der Waals surface area contributed by atoms with E-state index in [1.807, 2.05) is 36.0 Å². The third-order valence-electron chi connectivity index (χ3n) is 2.18. The van der Waals surface area contributed by atoms with Gasteiger partial charge in [-0.3, -0.25) is 0 Å². The molecular weight excluding hydrogens is 233 g/mol. The Morgan fingerprint density at radius 3 is 2.92 bits per heavy atom. The summed E-state index contributed by atoms with van der Waals surface area (Å²) < 4.78 is 15.5. The molecule has 0 bridgehead atoms. The zero-order valence-electron chi connectivity index (χ0n) is 7.22. The number of rotatable bonds is 1. The molecule has 0 saturated heterocycles. The molecule has 13 heavy (non-hydrogen) atoms. The first-order valence-electron chi connectivity index (χ1n) is 4.02. The highest BCUT2D eigenvalue weighted by Gasteiger charge is 2.07. The van der Waals surface area contributed by atoms with Gasteiger partial charge in [-0.1, -0.05) is 12.1 Å². The molecule has 1 aromatic carbocycles. The monoisotopic (exact) mass is 241 g/mol. The first kappa shape index (κ1) is 8.75. The normalized spacial score (nSPS) is 11.0. The van der Waals surface area contributed by atoms with Crippen molar-refractivity contribution < 1.29 is 4.39 Å². The number of fused-ring (bicyclic) bond motifs is 1. The molecule has 0 N–H and O–H groups in total. The fourth-order valence-corrected chi connectivity index (χ4v) is 2.25. The number of hydrogen-bond acceptors (Lipinski definition) is 0. The standard InChI is InChI=1S/C10H9BrFN/c1-13-6-7(5-12)8-3-2-4-9(11)10(8)13/h2-4,6H,5H2,1H3. The number of halogens is 2. The van der Waals surface area contributed by atoms with E-state index in [9.17, 15) is 4.39 Å². The van der Waals surface area contributed by atoms with Crippen LogP contribution in [0.5, 0.6) is 0 Å².